The maximum atomic E-state index is 12.6. The Bertz CT molecular complexity index is 1700. The highest BCUT2D eigenvalue weighted by Gasteiger charge is 2.15. The number of hydrogen-bond acceptors (Lipinski definition) is 8. The highest BCUT2D eigenvalue weighted by Crippen LogP contribution is 2.29. The lowest BCUT2D eigenvalue weighted by Gasteiger charge is -2.11. The first kappa shape index (κ1) is 30.8. The molecule has 4 rings (SSSR count). The number of ether oxygens (including phenoxy) is 3. The number of hydrogen-bond donors (Lipinski definition) is 2. The first-order chi connectivity index (χ1) is 20.7. The van der Waals surface area contributed by atoms with Crippen molar-refractivity contribution in [1.82, 2.24) is 5.43 Å². The Morgan fingerprint density at radius 3 is 2.09 bits per heavy atom. The molecule has 0 spiro atoms. The molecule has 0 aliphatic heterocycles. The minimum absolute atomic E-state index is 0.139. The van der Waals surface area contributed by atoms with Crippen molar-refractivity contribution in [3.63, 3.8) is 0 Å². The number of esters is 1. The van der Waals surface area contributed by atoms with Crippen LogP contribution >= 0.6 is 0 Å². The third-order valence-electron chi connectivity index (χ3n) is 5.98. The summed E-state index contributed by atoms with van der Waals surface area (Å²) in [6, 6.07) is 23.9. The summed E-state index contributed by atoms with van der Waals surface area (Å²) >= 11 is 0. The summed E-state index contributed by atoms with van der Waals surface area (Å²) in [4.78, 5) is 25.4. The summed E-state index contributed by atoms with van der Waals surface area (Å²) in [5, 5.41) is 4.00. The fraction of sp³-hybridized carbons (Fsp3) is 0.156. The van der Waals surface area contributed by atoms with E-state index in [1.807, 2.05) is 13.8 Å². The number of hydrazone groups is 1. The summed E-state index contributed by atoms with van der Waals surface area (Å²) in [5.74, 6) is 0.186. The van der Waals surface area contributed by atoms with E-state index in [0.717, 1.165) is 5.56 Å². The van der Waals surface area contributed by atoms with Crippen LogP contribution in [0.25, 0.3) is 0 Å². The van der Waals surface area contributed by atoms with E-state index in [1.54, 1.807) is 61.5 Å². The Kier molecular flexibility index (Phi) is 10.1. The molecule has 43 heavy (non-hydrogen) atoms. The highest BCUT2D eigenvalue weighted by molar-refractivity contribution is 7.92. The van der Waals surface area contributed by atoms with Gasteiger partial charge in [0.15, 0.2) is 11.5 Å². The second kappa shape index (κ2) is 14.1. The SMILES string of the molecule is CCOc1ccc(C(=O)Oc2ccc(C=NNC(=O)c3ccc(NS(=O)(=O)c4ccc(C)cc4)cc3)cc2OCC)cc1. The van der Waals surface area contributed by atoms with Crippen LogP contribution in [0.4, 0.5) is 5.69 Å². The molecule has 0 radical (unpaired) electrons. The van der Waals surface area contributed by atoms with Crippen molar-refractivity contribution in [3.05, 3.63) is 113 Å². The number of carbonyl (C=O) groups is 2. The summed E-state index contributed by atoms with van der Waals surface area (Å²) in [6.07, 6.45) is 1.42. The molecule has 0 saturated heterocycles. The van der Waals surface area contributed by atoms with Crippen molar-refractivity contribution < 1.29 is 32.2 Å². The van der Waals surface area contributed by atoms with Crippen LogP contribution in [0, 0.1) is 6.92 Å². The quantitative estimate of drug-likeness (QED) is 0.0938. The number of sulfonamides is 1. The average molecular weight is 602 g/mol. The van der Waals surface area contributed by atoms with E-state index in [9.17, 15) is 18.0 Å². The fourth-order valence-electron chi connectivity index (χ4n) is 3.82. The number of benzene rings is 4. The van der Waals surface area contributed by atoms with Crippen LogP contribution in [-0.4, -0.2) is 39.7 Å². The zero-order valence-electron chi connectivity index (χ0n) is 23.9. The number of amides is 1. The first-order valence-electron chi connectivity index (χ1n) is 13.4. The number of anilines is 1. The molecule has 4 aromatic rings. The van der Waals surface area contributed by atoms with Gasteiger partial charge in [-0.25, -0.2) is 18.6 Å². The zero-order valence-corrected chi connectivity index (χ0v) is 24.7. The molecule has 0 atom stereocenters. The van der Waals surface area contributed by atoms with Gasteiger partial charge in [-0.3, -0.25) is 9.52 Å². The third-order valence-corrected chi connectivity index (χ3v) is 7.38. The topological polar surface area (TPSA) is 132 Å². The lowest BCUT2D eigenvalue weighted by Crippen LogP contribution is -2.18. The maximum Gasteiger partial charge on any atom is 0.343 e. The highest BCUT2D eigenvalue weighted by atomic mass is 32.2. The second-order valence-electron chi connectivity index (χ2n) is 9.18. The average Bonchev–Trinajstić information content (AvgIpc) is 2.99. The number of rotatable bonds is 12. The standard InChI is InChI=1S/C32H31N3O7S/c1-4-40-27-15-11-25(12-16-27)32(37)42-29-19-8-23(20-30(29)41-5-2)21-33-34-31(36)24-9-13-26(14-10-24)35-43(38,39)28-17-6-22(3)7-18-28/h6-21,35H,4-5H2,1-3H3,(H,34,36). The van der Waals surface area contributed by atoms with Gasteiger partial charge in [0.2, 0.25) is 0 Å². The molecule has 0 fully saturated rings. The van der Waals surface area contributed by atoms with Crippen molar-refractivity contribution in [2.75, 3.05) is 17.9 Å². The molecule has 0 bridgehead atoms. The first-order valence-corrected chi connectivity index (χ1v) is 14.9. The molecule has 0 aliphatic carbocycles. The minimum Gasteiger partial charge on any atom is -0.494 e. The largest absolute Gasteiger partial charge is 0.494 e. The monoisotopic (exact) mass is 601 g/mol. The van der Waals surface area contributed by atoms with Gasteiger partial charge in [0.05, 0.1) is 29.9 Å². The van der Waals surface area contributed by atoms with Crippen molar-refractivity contribution in [1.29, 1.82) is 0 Å². The van der Waals surface area contributed by atoms with Crippen LogP contribution in [0.15, 0.2) is 101 Å². The van der Waals surface area contributed by atoms with Gasteiger partial charge < -0.3 is 14.2 Å². The van der Waals surface area contributed by atoms with Gasteiger partial charge in [0.25, 0.3) is 15.9 Å². The van der Waals surface area contributed by atoms with Crippen LogP contribution in [0.3, 0.4) is 0 Å². The maximum absolute atomic E-state index is 12.6. The molecular weight excluding hydrogens is 570 g/mol. The Labute approximate surface area is 250 Å². The normalized spacial score (nSPS) is 11.1. The van der Waals surface area contributed by atoms with E-state index in [4.69, 9.17) is 14.2 Å². The molecule has 4 aromatic carbocycles. The van der Waals surface area contributed by atoms with Crippen LogP contribution in [-0.2, 0) is 10.0 Å². The van der Waals surface area contributed by atoms with E-state index in [2.05, 4.69) is 15.2 Å². The number of carbonyl (C=O) groups excluding carboxylic acids is 2. The van der Waals surface area contributed by atoms with Crippen LogP contribution in [0.5, 0.6) is 17.2 Å². The molecule has 0 saturated carbocycles. The van der Waals surface area contributed by atoms with E-state index in [0.29, 0.717) is 41.5 Å². The summed E-state index contributed by atoms with van der Waals surface area (Å²) < 4.78 is 44.3. The molecule has 0 aliphatic rings. The van der Waals surface area contributed by atoms with Gasteiger partial charge in [-0.05, 0) is 105 Å². The van der Waals surface area contributed by atoms with Crippen molar-refractivity contribution in [3.8, 4) is 17.2 Å². The molecular formula is C32H31N3O7S. The van der Waals surface area contributed by atoms with Gasteiger partial charge in [-0.1, -0.05) is 17.7 Å². The summed E-state index contributed by atoms with van der Waals surface area (Å²) in [5.41, 5.74) is 4.92. The van der Waals surface area contributed by atoms with Crippen molar-refractivity contribution >= 4 is 33.8 Å². The Morgan fingerprint density at radius 2 is 1.44 bits per heavy atom. The predicted octanol–water partition coefficient (Wildman–Crippen LogP) is 5.58. The van der Waals surface area contributed by atoms with Gasteiger partial charge in [-0.2, -0.15) is 5.10 Å². The van der Waals surface area contributed by atoms with E-state index in [-0.39, 0.29) is 16.2 Å². The summed E-state index contributed by atoms with van der Waals surface area (Å²) in [7, 11) is -3.76. The van der Waals surface area contributed by atoms with Gasteiger partial charge in [0, 0.05) is 11.3 Å². The Balaban J connectivity index is 1.36. The fourth-order valence-corrected chi connectivity index (χ4v) is 4.88. The van der Waals surface area contributed by atoms with Gasteiger partial charge in [-0.15, -0.1) is 0 Å². The van der Waals surface area contributed by atoms with Crippen molar-refractivity contribution in [2.24, 2.45) is 5.10 Å². The molecule has 10 nitrogen and oxygen atoms in total. The lowest BCUT2D eigenvalue weighted by molar-refractivity contribution is 0.0728. The van der Waals surface area contributed by atoms with Gasteiger partial charge in [0.1, 0.15) is 5.75 Å². The summed E-state index contributed by atoms with van der Waals surface area (Å²) in [6.45, 7) is 6.41. The van der Waals surface area contributed by atoms with Gasteiger partial charge >= 0.3 is 5.97 Å². The molecule has 11 heteroatoms. The van der Waals surface area contributed by atoms with Crippen LogP contribution in [0.1, 0.15) is 45.7 Å². The van der Waals surface area contributed by atoms with E-state index >= 15 is 0 Å². The van der Waals surface area contributed by atoms with Crippen molar-refractivity contribution in [2.45, 2.75) is 25.7 Å². The lowest BCUT2D eigenvalue weighted by atomic mass is 10.2. The molecule has 222 valence electrons. The third kappa shape index (κ3) is 8.43. The smallest absolute Gasteiger partial charge is 0.343 e. The zero-order chi connectivity index (χ0) is 30.8. The Hall–Kier alpha value is -5.16. The minimum atomic E-state index is -3.76. The van der Waals surface area contributed by atoms with E-state index in [1.165, 1.54) is 42.6 Å². The molecule has 0 aromatic heterocycles. The van der Waals surface area contributed by atoms with Crippen LogP contribution < -0.4 is 24.4 Å². The predicted molar refractivity (Wildman–Crippen MR) is 164 cm³/mol. The molecule has 2 N–H and O–H groups in total. The van der Waals surface area contributed by atoms with Crippen LogP contribution in [0.2, 0.25) is 0 Å². The molecule has 0 heterocycles. The number of aryl methyl sites for hydroxylation is 1. The molecule has 0 unspecified atom stereocenters. The number of nitrogens with one attached hydrogen (secondary N) is 2. The van der Waals surface area contributed by atoms with E-state index < -0.39 is 21.9 Å². The second-order valence-corrected chi connectivity index (χ2v) is 10.9. The molecule has 1 amide bonds. The Morgan fingerprint density at radius 1 is 0.791 bits per heavy atom. The number of nitrogens with zero attached hydrogens (tertiary/aromatic N) is 1.